The first kappa shape index (κ1) is 18.6. The number of likely N-dealkylation sites (tertiary alicyclic amines) is 2. The van der Waals surface area contributed by atoms with Crippen LogP contribution in [0, 0.1) is 5.41 Å². The highest BCUT2D eigenvalue weighted by molar-refractivity contribution is 5.01. The number of piperidine rings is 1. The molecule has 0 amide bonds. The zero-order valence-corrected chi connectivity index (χ0v) is 16.5. The van der Waals surface area contributed by atoms with E-state index < -0.39 is 0 Å². The van der Waals surface area contributed by atoms with Gasteiger partial charge in [-0.25, -0.2) is 4.68 Å². The molecule has 0 unspecified atom stereocenters. The molecule has 2 saturated heterocycles. The summed E-state index contributed by atoms with van der Waals surface area (Å²) >= 11 is 0. The molecule has 3 heterocycles. The lowest BCUT2D eigenvalue weighted by molar-refractivity contribution is 0.190. The molecule has 1 aromatic rings. The van der Waals surface area contributed by atoms with E-state index in [9.17, 15) is 0 Å². The van der Waals surface area contributed by atoms with Crippen molar-refractivity contribution in [1.82, 2.24) is 24.8 Å². The largest absolute Gasteiger partial charge is 0.299 e. The van der Waals surface area contributed by atoms with E-state index >= 15 is 0 Å². The number of allylic oxidation sites excluding steroid dienone is 1. The van der Waals surface area contributed by atoms with Crippen molar-refractivity contribution in [3.63, 3.8) is 0 Å². The van der Waals surface area contributed by atoms with Crippen LogP contribution in [0.5, 0.6) is 0 Å². The molecule has 1 aromatic heterocycles. The number of hydrogen-bond donors (Lipinski definition) is 0. The number of hydrogen-bond acceptors (Lipinski definition) is 4. The fourth-order valence-corrected chi connectivity index (χ4v) is 4.26. The van der Waals surface area contributed by atoms with Crippen LogP contribution in [0.2, 0.25) is 0 Å². The van der Waals surface area contributed by atoms with Crippen molar-refractivity contribution < 1.29 is 0 Å². The number of aromatic nitrogens is 3. The highest BCUT2D eigenvalue weighted by Crippen LogP contribution is 2.29. The third kappa shape index (κ3) is 5.14. The second kappa shape index (κ2) is 8.00. The fourth-order valence-electron chi connectivity index (χ4n) is 4.26. The van der Waals surface area contributed by atoms with Crippen LogP contribution in [-0.4, -0.2) is 57.5 Å². The Kier molecular flexibility index (Phi) is 5.95. The standard InChI is InChI=1S/C20H35N5/c1-5-6-17(2)13-23-10-7-19(8-11-23)25-15-18(21-22-25)14-24-12-9-20(3,4)16-24/h6,15,19H,5,7-14,16H2,1-4H3/b17-6+. The summed E-state index contributed by atoms with van der Waals surface area (Å²) < 4.78 is 2.13. The van der Waals surface area contributed by atoms with E-state index in [-0.39, 0.29) is 0 Å². The second-order valence-electron chi connectivity index (χ2n) is 8.78. The van der Waals surface area contributed by atoms with Gasteiger partial charge in [-0.2, -0.15) is 0 Å². The fraction of sp³-hybridized carbons (Fsp3) is 0.800. The lowest BCUT2D eigenvalue weighted by atomic mass is 9.93. The van der Waals surface area contributed by atoms with Gasteiger partial charge < -0.3 is 0 Å². The van der Waals surface area contributed by atoms with E-state index in [1.54, 1.807) is 0 Å². The van der Waals surface area contributed by atoms with Gasteiger partial charge in [0, 0.05) is 32.7 Å². The minimum Gasteiger partial charge on any atom is -0.299 e. The van der Waals surface area contributed by atoms with E-state index in [1.165, 1.54) is 37.9 Å². The lowest BCUT2D eigenvalue weighted by Gasteiger charge is -2.32. The highest BCUT2D eigenvalue weighted by atomic mass is 15.4. The lowest BCUT2D eigenvalue weighted by Crippen LogP contribution is -2.35. The smallest absolute Gasteiger partial charge is 0.0967 e. The van der Waals surface area contributed by atoms with Gasteiger partial charge in [-0.1, -0.05) is 37.6 Å². The molecule has 3 rings (SSSR count). The molecule has 5 heteroatoms. The van der Waals surface area contributed by atoms with Crippen LogP contribution < -0.4 is 0 Å². The molecule has 2 aliphatic heterocycles. The van der Waals surface area contributed by atoms with Gasteiger partial charge in [0.2, 0.25) is 0 Å². The Morgan fingerprint density at radius 1 is 1.24 bits per heavy atom. The molecule has 0 aliphatic carbocycles. The van der Waals surface area contributed by atoms with Crippen LogP contribution in [0.15, 0.2) is 17.8 Å². The summed E-state index contributed by atoms with van der Waals surface area (Å²) in [5.74, 6) is 0. The van der Waals surface area contributed by atoms with Crippen molar-refractivity contribution >= 4 is 0 Å². The summed E-state index contributed by atoms with van der Waals surface area (Å²) in [6.45, 7) is 15.9. The van der Waals surface area contributed by atoms with E-state index in [2.05, 4.69) is 64.8 Å². The molecule has 0 spiro atoms. The zero-order chi connectivity index (χ0) is 17.9. The van der Waals surface area contributed by atoms with Crippen molar-refractivity contribution in [3.05, 3.63) is 23.5 Å². The number of rotatable bonds is 6. The normalized spacial score (nSPS) is 23.4. The van der Waals surface area contributed by atoms with Crippen molar-refractivity contribution in [2.45, 2.75) is 66.0 Å². The maximum absolute atomic E-state index is 4.44. The monoisotopic (exact) mass is 345 g/mol. The van der Waals surface area contributed by atoms with Crippen LogP contribution in [0.1, 0.15) is 65.1 Å². The Morgan fingerprint density at radius 3 is 2.64 bits per heavy atom. The van der Waals surface area contributed by atoms with Gasteiger partial charge in [-0.15, -0.1) is 5.10 Å². The average Bonchev–Trinajstić information content (AvgIpc) is 3.15. The summed E-state index contributed by atoms with van der Waals surface area (Å²) in [4.78, 5) is 5.09. The van der Waals surface area contributed by atoms with Crippen LogP contribution in [0.25, 0.3) is 0 Å². The Hall–Kier alpha value is -1.20. The van der Waals surface area contributed by atoms with Gasteiger partial charge in [-0.05, 0) is 44.6 Å². The minimum absolute atomic E-state index is 0.452. The van der Waals surface area contributed by atoms with E-state index in [1.807, 2.05) is 0 Å². The maximum atomic E-state index is 4.44. The van der Waals surface area contributed by atoms with Gasteiger partial charge in [0.05, 0.1) is 17.9 Å². The Bertz CT molecular complexity index is 581. The van der Waals surface area contributed by atoms with Gasteiger partial charge >= 0.3 is 0 Å². The summed E-state index contributed by atoms with van der Waals surface area (Å²) in [6.07, 6.45) is 9.31. The van der Waals surface area contributed by atoms with Crippen LogP contribution in [0.4, 0.5) is 0 Å². The number of nitrogens with zero attached hydrogens (tertiary/aromatic N) is 5. The zero-order valence-electron chi connectivity index (χ0n) is 16.5. The third-order valence-corrected chi connectivity index (χ3v) is 5.66. The molecule has 2 aliphatic rings. The van der Waals surface area contributed by atoms with Gasteiger partial charge in [0.1, 0.15) is 0 Å². The molecular weight excluding hydrogens is 310 g/mol. The molecule has 0 saturated carbocycles. The van der Waals surface area contributed by atoms with E-state index in [0.717, 1.165) is 38.3 Å². The first-order valence-corrected chi connectivity index (χ1v) is 9.96. The molecule has 0 N–H and O–H groups in total. The Balaban J connectivity index is 1.48. The van der Waals surface area contributed by atoms with Crippen molar-refractivity contribution in [2.24, 2.45) is 5.41 Å². The Morgan fingerprint density at radius 2 is 2.00 bits per heavy atom. The van der Waals surface area contributed by atoms with Crippen LogP contribution >= 0.6 is 0 Å². The molecule has 0 atom stereocenters. The second-order valence-corrected chi connectivity index (χ2v) is 8.78. The summed E-state index contributed by atoms with van der Waals surface area (Å²) in [7, 11) is 0. The van der Waals surface area contributed by atoms with Crippen molar-refractivity contribution in [2.75, 3.05) is 32.7 Å². The first-order valence-electron chi connectivity index (χ1n) is 9.96. The quantitative estimate of drug-likeness (QED) is 0.740. The molecule has 140 valence electrons. The van der Waals surface area contributed by atoms with Gasteiger partial charge in [0.15, 0.2) is 0 Å². The molecule has 0 aromatic carbocycles. The van der Waals surface area contributed by atoms with Gasteiger partial charge in [0.25, 0.3) is 0 Å². The summed E-state index contributed by atoms with van der Waals surface area (Å²) in [6, 6.07) is 0.517. The predicted molar refractivity (Wildman–Crippen MR) is 102 cm³/mol. The molecule has 5 nitrogen and oxygen atoms in total. The summed E-state index contributed by atoms with van der Waals surface area (Å²) in [5, 5.41) is 8.89. The third-order valence-electron chi connectivity index (χ3n) is 5.66. The SMILES string of the molecule is CC/C=C(\C)CN1CCC(n2cc(CN3CCC(C)(C)C3)nn2)CC1. The molecule has 0 bridgehead atoms. The Labute approximate surface area is 153 Å². The topological polar surface area (TPSA) is 37.2 Å². The van der Waals surface area contributed by atoms with Crippen LogP contribution in [-0.2, 0) is 6.54 Å². The van der Waals surface area contributed by atoms with Crippen LogP contribution in [0.3, 0.4) is 0 Å². The van der Waals surface area contributed by atoms with E-state index in [4.69, 9.17) is 0 Å². The molecular formula is C20H35N5. The highest BCUT2D eigenvalue weighted by Gasteiger charge is 2.29. The first-order chi connectivity index (χ1) is 11.9. The molecule has 25 heavy (non-hydrogen) atoms. The molecule has 0 radical (unpaired) electrons. The van der Waals surface area contributed by atoms with Crippen molar-refractivity contribution in [3.8, 4) is 0 Å². The minimum atomic E-state index is 0.452. The predicted octanol–water partition coefficient (Wildman–Crippen LogP) is 3.50. The summed E-state index contributed by atoms with van der Waals surface area (Å²) in [5.41, 5.74) is 3.08. The van der Waals surface area contributed by atoms with Crippen molar-refractivity contribution in [1.29, 1.82) is 0 Å². The van der Waals surface area contributed by atoms with E-state index in [0.29, 0.717) is 11.5 Å². The molecule has 2 fully saturated rings. The average molecular weight is 346 g/mol. The van der Waals surface area contributed by atoms with Gasteiger partial charge in [-0.3, -0.25) is 9.80 Å². The maximum Gasteiger partial charge on any atom is 0.0967 e.